The van der Waals surface area contributed by atoms with Crippen molar-refractivity contribution in [2.24, 2.45) is 5.92 Å². The first-order valence-corrected chi connectivity index (χ1v) is 10.2. The predicted molar refractivity (Wildman–Crippen MR) is 115 cm³/mol. The summed E-state index contributed by atoms with van der Waals surface area (Å²) in [5.74, 6) is 1.76. The Morgan fingerprint density at radius 1 is 1.07 bits per heavy atom. The quantitative estimate of drug-likeness (QED) is 0.559. The van der Waals surface area contributed by atoms with Gasteiger partial charge in [-0.3, -0.25) is 0 Å². The summed E-state index contributed by atoms with van der Waals surface area (Å²) >= 11 is 0. The SMILES string of the molecule is Cc1cc(C)c2[nH]ccc2c1CC1CN(C)CC1c1ccc(-c2nn[nH]n2)cc1. The van der Waals surface area contributed by atoms with Gasteiger partial charge in [-0.2, -0.15) is 5.21 Å². The Bertz CT molecular complexity index is 1130. The third-order valence-electron chi connectivity index (χ3n) is 6.41. The van der Waals surface area contributed by atoms with Crippen LogP contribution in [-0.4, -0.2) is 50.6 Å². The monoisotopic (exact) mass is 386 g/mol. The topological polar surface area (TPSA) is 73.5 Å². The number of aryl methyl sites for hydroxylation is 2. The van der Waals surface area contributed by atoms with Gasteiger partial charge in [0.05, 0.1) is 0 Å². The second-order valence-electron chi connectivity index (χ2n) is 8.40. The van der Waals surface area contributed by atoms with Gasteiger partial charge in [0.1, 0.15) is 0 Å². The van der Waals surface area contributed by atoms with E-state index in [4.69, 9.17) is 0 Å². The number of nitrogens with zero attached hydrogens (tertiary/aromatic N) is 4. The van der Waals surface area contributed by atoms with Crippen molar-refractivity contribution in [2.45, 2.75) is 26.2 Å². The molecule has 2 aromatic heterocycles. The van der Waals surface area contributed by atoms with Crippen LogP contribution < -0.4 is 0 Å². The highest BCUT2D eigenvalue weighted by Gasteiger charge is 2.32. The second kappa shape index (κ2) is 7.12. The highest BCUT2D eigenvalue weighted by Crippen LogP contribution is 2.37. The Balaban J connectivity index is 1.45. The fraction of sp³-hybridized carbons (Fsp3) is 0.348. The summed E-state index contributed by atoms with van der Waals surface area (Å²) in [4.78, 5) is 5.88. The lowest BCUT2D eigenvalue weighted by Gasteiger charge is -2.21. The largest absolute Gasteiger partial charge is 0.361 e. The van der Waals surface area contributed by atoms with Crippen LogP contribution in [0.25, 0.3) is 22.3 Å². The lowest BCUT2D eigenvalue weighted by atomic mass is 9.82. The number of hydrogen-bond acceptors (Lipinski definition) is 4. The van der Waals surface area contributed by atoms with E-state index in [2.05, 4.69) is 94.0 Å². The minimum absolute atomic E-state index is 0.522. The van der Waals surface area contributed by atoms with Crippen molar-refractivity contribution >= 4 is 10.9 Å². The molecule has 0 aliphatic carbocycles. The highest BCUT2D eigenvalue weighted by atomic mass is 15.5. The van der Waals surface area contributed by atoms with Crippen molar-refractivity contribution in [3.8, 4) is 11.4 Å². The summed E-state index contributed by atoms with van der Waals surface area (Å²) in [6, 6.07) is 13.2. The molecule has 2 unspecified atom stereocenters. The molecule has 1 saturated heterocycles. The summed E-state index contributed by atoms with van der Waals surface area (Å²) in [7, 11) is 2.23. The van der Waals surface area contributed by atoms with Gasteiger partial charge >= 0.3 is 0 Å². The van der Waals surface area contributed by atoms with Gasteiger partial charge in [0.2, 0.25) is 5.82 Å². The van der Waals surface area contributed by atoms with Gasteiger partial charge in [0, 0.05) is 41.7 Å². The number of rotatable bonds is 4. The van der Waals surface area contributed by atoms with Gasteiger partial charge in [-0.15, -0.1) is 10.2 Å². The van der Waals surface area contributed by atoms with Crippen molar-refractivity contribution in [1.82, 2.24) is 30.5 Å². The average molecular weight is 387 g/mol. The van der Waals surface area contributed by atoms with Crippen LogP contribution in [0.2, 0.25) is 0 Å². The first kappa shape index (κ1) is 18.1. The van der Waals surface area contributed by atoms with Crippen molar-refractivity contribution in [1.29, 1.82) is 0 Å². The fourth-order valence-electron chi connectivity index (χ4n) is 5.01. The third kappa shape index (κ3) is 3.23. The molecule has 2 aromatic carbocycles. The second-order valence-corrected chi connectivity index (χ2v) is 8.40. The van der Waals surface area contributed by atoms with Gasteiger partial charge in [-0.1, -0.05) is 30.3 Å². The average Bonchev–Trinajstić information content (AvgIpc) is 3.46. The molecule has 0 saturated carbocycles. The molecule has 148 valence electrons. The molecule has 2 atom stereocenters. The molecule has 0 spiro atoms. The maximum Gasteiger partial charge on any atom is 0.204 e. The molecule has 6 heteroatoms. The molecular formula is C23H26N6. The van der Waals surface area contributed by atoms with E-state index in [1.807, 2.05) is 0 Å². The molecule has 6 nitrogen and oxygen atoms in total. The van der Waals surface area contributed by atoms with Gasteiger partial charge < -0.3 is 9.88 Å². The zero-order valence-corrected chi connectivity index (χ0v) is 17.1. The van der Waals surface area contributed by atoms with Crippen molar-refractivity contribution in [3.05, 3.63) is 64.8 Å². The van der Waals surface area contributed by atoms with Crippen molar-refractivity contribution < 1.29 is 0 Å². The minimum atomic E-state index is 0.522. The fourth-order valence-corrected chi connectivity index (χ4v) is 5.01. The van der Waals surface area contributed by atoms with Crippen LogP contribution in [0.5, 0.6) is 0 Å². The number of aromatic amines is 2. The van der Waals surface area contributed by atoms with Crippen molar-refractivity contribution in [2.75, 3.05) is 20.1 Å². The van der Waals surface area contributed by atoms with E-state index in [0.717, 1.165) is 25.1 Å². The maximum atomic E-state index is 4.08. The number of aromatic nitrogens is 5. The molecule has 5 rings (SSSR count). The Kier molecular flexibility index (Phi) is 4.43. The number of likely N-dealkylation sites (tertiary alicyclic amines) is 1. The van der Waals surface area contributed by atoms with Crippen LogP contribution in [0.3, 0.4) is 0 Å². The molecule has 3 heterocycles. The van der Waals surface area contributed by atoms with E-state index >= 15 is 0 Å². The summed E-state index contributed by atoms with van der Waals surface area (Å²) in [5.41, 5.74) is 7.87. The van der Waals surface area contributed by atoms with Gasteiger partial charge in [0.15, 0.2) is 0 Å². The van der Waals surface area contributed by atoms with Gasteiger partial charge in [0.25, 0.3) is 0 Å². The normalized spacial score (nSPS) is 20.0. The Hall–Kier alpha value is -2.99. The predicted octanol–water partition coefficient (Wildman–Crippen LogP) is 3.85. The van der Waals surface area contributed by atoms with Crippen LogP contribution in [0, 0.1) is 19.8 Å². The maximum absolute atomic E-state index is 4.08. The summed E-state index contributed by atoms with van der Waals surface area (Å²) in [6.45, 7) is 6.65. The van der Waals surface area contributed by atoms with Crippen LogP contribution in [0.4, 0.5) is 0 Å². The third-order valence-corrected chi connectivity index (χ3v) is 6.41. The first-order chi connectivity index (χ1) is 14.1. The number of fused-ring (bicyclic) bond motifs is 1. The number of tetrazole rings is 1. The number of H-pyrrole nitrogens is 2. The molecule has 2 N–H and O–H groups in total. The summed E-state index contributed by atoms with van der Waals surface area (Å²) in [5, 5.41) is 15.7. The van der Waals surface area contributed by atoms with Crippen LogP contribution >= 0.6 is 0 Å². The van der Waals surface area contributed by atoms with Gasteiger partial charge in [-0.25, -0.2) is 0 Å². The zero-order chi connectivity index (χ0) is 20.0. The molecular weight excluding hydrogens is 360 g/mol. The summed E-state index contributed by atoms with van der Waals surface area (Å²) < 4.78 is 0. The standard InChI is InChI=1S/C23H26N6/c1-14-10-15(2)22-19(8-9-24-22)20(14)11-18-12-29(3)13-21(18)16-4-6-17(7-5-16)23-25-27-28-26-23/h4-10,18,21,24H,11-13H2,1-3H3,(H,25,26,27,28). The van der Waals surface area contributed by atoms with Crippen LogP contribution in [0.15, 0.2) is 42.6 Å². The summed E-state index contributed by atoms with van der Waals surface area (Å²) in [6.07, 6.45) is 3.16. The lowest BCUT2D eigenvalue weighted by molar-refractivity contribution is 0.394. The molecule has 1 aliphatic heterocycles. The van der Waals surface area contributed by atoms with E-state index < -0.39 is 0 Å². The van der Waals surface area contributed by atoms with E-state index in [-0.39, 0.29) is 0 Å². The van der Waals surface area contributed by atoms with Crippen LogP contribution in [0.1, 0.15) is 28.2 Å². The number of likely N-dealkylation sites (N-methyl/N-ethyl adjacent to an activating group) is 1. The highest BCUT2D eigenvalue weighted by molar-refractivity contribution is 5.87. The minimum Gasteiger partial charge on any atom is -0.361 e. The molecule has 4 aromatic rings. The Labute approximate surface area is 170 Å². The van der Waals surface area contributed by atoms with Gasteiger partial charge in [-0.05, 0) is 66.8 Å². The zero-order valence-electron chi connectivity index (χ0n) is 17.1. The van der Waals surface area contributed by atoms with Crippen molar-refractivity contribution in [3.63, 3.8) is 0 Å². The smallest absolute Gasteiger partial charge is 0.204 e. The molecule has 0 amide bonds. The number of benzene rings is 2. The van der Waals surface area contributed by atoms with Crippen LogP contribution in [-0.2, 0) is 6.42 Å². The van der Waals surface area contributed by atoms with E-state index in [9.17, 15) is 0 Å². The Morgan fingerprint density at radius 3 is 2.66 bits per heavy atom. The number of nitrogens with one attached hydrogen (secondary N) is 2. The van der Waals surface area contributed by atoms with E-state index in [0.29, 0.717) is 17.7 Å². The molecule has 29 heavy (non-hydrogen) atoms. The van der Waals surface area contributed by atoms with E-state index in [1.165, 1.54) is 33.2 Å². The molecule has 0 bridgehead atoms. The van der Waals surface area contributed by atoms with E-state index in [1.54, 1.807) is 0 Å². The first-order valence-electron chi connectivity index (χ1n) is 10.2. The molecule has 1 fully saturated rings. The Morgan fingerprint density at radius 2 is 1.90 bits per heavy atom. The molecule has 0 radical (unpaired) electrons. The number of hydrogen-bond donors (Lipinski definition) is 2. The lowest BCUT2D eigenvalue weighted by Crippen LogP contribution is -2.16. The molecule has 1 aliphatic rings.